The van der Waals surface area contributed by atoms with Crippen molar-refractivity contribution < 1.29 is 0 Å². The summed E-state index contributed by atoms with van der Waals surface area (Å²) in [6, 6.07) is 9.86. The lowest BCUT2D eigenvalue weighted by molar-refractivity contribution is 0.734. The smallest absolute Gasteiger partial charge is 0.250 e. The standard InChI is InChI=1S/C11H16N6/c1-12-8-9-16(2)11-13-14-15-17(11)10-6-4-3-5-7-10/h3-7,12H,8-9H2,1-2H3. The number of rotatable bonds is 5. The predicted octanol–water partition coefficient (Wildman–Crippen LogP) is 0.318. The number of tetrazole rings is 1. The first kappa shape index (κ1) is 11.5. The first-order chi connectivity index (χ1) is 8.33. The van der Waals surface area contributed by atoms with Crippen molar-refractivity contribution in [3.8, 4) is 5.69 Å². The summed E-state index contributed by atoms with van der Waals surface area (Å²) in [4.78, 5) is 2.02. The Morgan fingerprint density at radius 3 is 2.76 bits per heavy atom. The summed E-state index contributed by atoms with van der Waals surface area (Å²) in [7, 11) is 3.90. The maximum atomic E-state index is 4.05. The van der Waals surface area contributed by atoms with Crippen molar-refractivity contribution in [1.29, 1.82) is 0 Å². The highest BCUT2D eigenvalue weighted by molar-refractivity contribution is 5.39. The van der Waals surface area contributed by atoms with Gasteiger partial charge in [0.25, 0.3) is 0 Å². The molecule has 2 rings (SSSR count). The SMILES string of the molecule is CNCCN(C)c1nnnn1-c1ccccc1. The number of para-hydroxylation sites is 1. The molecule has 0 saturated heterocycles. The number of benzene rings is 1. The van der Waals surface area contributed by atoms with E-state index in [0.717, 1.165) is 24.7 Å². The number of anilines is 1. The Morgan fingerprint density at radius 2 is 2.06 bits per heavy atom. The van der Waals surface area contributed by atoms with E-state index in [1.165, 1.54) is 0 Å². The van der Waals surface area contributed by atoms with Crippen molar-refractivity contribution in [1.82, 2.24) is 25.5 Å². The molecule has 1 heterocycles. The van der Waals surface area contributed by atoms with Gasteiger partial charge in [0.2, 0.25) is 5.95 Å². The van der Waals surface area contributed by atoms with Gasteiger partial charge in [-0.05, 0) is 29.6 Å². The van der Waals surface area contributed by atoms with Crippen LogP contribution in [0.15, 0.2) is 30.3 Å². The molecule has 6 heteroatoms. The minimum Gasteiger partial charge on any atom is -0.341 e. The minimum atomic E-state index is 0.742. The van der Waals surface area contributed by atoms with Gasteiger partial charge in [-0.2, -0.15) is 4.68 Å². The van der Waals surface area contributed by atoms with E-state index in [2.05, 4.69) is 20.8 Å². The Labute approximate surface area is 100 Å². The predicted molar refractivity (Wildman–Crippen MR) is 66.4 cm³/mol. The highest BCUT2D eigenvalue weighted by atomic mass is 15.6. The fourth-order valence-corrected chi connectivity index (χ4v) is 1.54. The summed E-state index contributed by atoms with van der Waals surface area (Å²) in [5, 5.41) is 14.9. The van der Waals surface area contributed by atoms with Gasteiger partial charge in [0, 0.05) is 20.1 Å². The molecule has 0 spiro atoms. The third kappa shape index (κ3) is 2.59. The maximum absolute atomic E-state index is 4.05. The molecule has 0 radical (unpaired) electrons. The molecule has 6 nitrogen and oxygen atoms in total. The second-order valence-corrected chi connectivity index (χ2v) is 3.75. The third-order valence-electron chi connectivity index (χ3n) is 2.49. The molecule has 0 aliphatic carbocycles. The Morgan fingerprint density at radius 1 is 1.29 bits per heavy atom. The Hall–Kier alpha value is -1.95. The van der Waals surface area contributed by atoms with Crippen LogP contribution in [0.4, 0.5) is 5.95 Å². The van der Waals surface area contributed by atoms with E-state index in [1.807, 2.05) is 49.3 Å². The topological polar surface area (TPSA) is 58.9 Å². The molecule has 1 aromatic heterocycles. The summed E-state index contributed by atoms with van der Waals surface area (Å²) in [5.41, 5.74) is 0.962. The number of nitrogens with one attached hydrogen (secondary N) is 1. The molecular formula is C11H16N6. The van der Waals surface area contributed by atoms with Crippen LogP contribution in [-0.2, 0) is 0 Å². The van der Waals surface area contributed by atoms with Gasteiger partial charge in [-0.25, -0.2) is 0 Å². The van der Waals surface area contributed by atoms with E-state index in [9.17, 15) is 0 Å². The number of aromatic nitrogens is 4. The molecular weight excluding hydrogens is 216 g/mol. The van der Waals surface area contributed by atoms with E-state index in [-0.39, 0.29) is 0 Å². The molecule has 17 heavy (non-hydrogen) atoms. The van der Waals surface area contributed by atoms with E-state index in [1.54, 1.807) is 4.68 Å². The van der Waals surface area contributed by atoms with Gasteiger partial charge in [0.1, 0.15) is 0 Å². The van der Waals surface area contributed by atoms with Crippen LogP contribution in [0.3, 0.4) is 0 Å². The quantitative estimate of drug-likeness (QED) is 0.804. The van der Waals surface area contributed by atoms with E-state index in [4.69, 9.17) is 0 Å². The van der Waals surface area contributed by atoms with Crippen molar-refractivity contribution >= 4 is 5.95 Å². The van der Waals surface area contributed by atoms with Gasteiger partial charge in [-0.1, -0.05) is 23.3 Å². The van der Waals surface area contributed by atoms with Crippen molar-refractivity contribution in [2.45, 2.75) is 0 Å². The summed E-state index contributed by atoms with van der Waals surface area (Å²) in [6.07, 6.45) is 0. The van der Waals surface area contributed by atoms with E-state index < -0.39 is 0 Å². The van der Waals surface area contributed by atoms with Crippen LogP contribution in [0, 0.1) is 0 Å². The van der Waals surface area contributed by atoms with Gasteiger partial charge in [0.05, 0.1) is 5.69 Å². The molecule has 0 bridgehead atoms. The monoisotopic (exact) mass is 232 g/mol. The highest BCUT2D eigenvalue weighted by Gasteiger charge is 2.11. The number of hydrogen-bond donors (Lipinski definition) is 1. The van der Waals surface area contributed by atoms with Crippen molar-refractivity contribution in [2.24, 2.45) is 0 Å². The fraction of sp³-hybridized carbons (Fsp3) is 0.364. The van der Waals surface area contributed by atoms with Crippen LogP contribution in [0.5, 0.6) is 0 Å². The summed E-state index contributed by atoms with van der Waals surface area (Å²) < 4.78 is 1.73. The lowest BCUT2D eigenvalue weighted by Gasteiger charge is -2.17. The summed E-state index contributed by atoms with van der Waals surface area (Å²) >= 11 is 0. The number of nitrogens with zero attached hydrogens (tertiary/aromatic N) is 5. The zero-order valence-corrected chi connectivity index (χ0v) is 10.0. The lowest BCUT2D eigenvalue weighted by Crippen LogP contribution is -2.29. The number of likely N-dealkylation sites (N-methyl/N-ethyl adjacent to an activating group) is 2. The Bertz CT molecular complexity index is 452. The van der Waals surface area contributed by atoms with Gasteiger partial charge in [-0.15, -0.1) is 0 Å². The van der Waals surface area contributed by atoms with Crippen LogP contribution in [-0.4, -0.2) is 47.4 Å². The molecule has 0 amide bonds. The first-order valence-electron chi connectivity index (χ1n) is 5.52. The Kier molecular flexibility index (Phi) is 3.66. The number of hydrogen-bond acceptors (Lipinski definition) is 5. The Balaban J connectivity index is 2.23. The minimum absolute atomic E-state index is 0.742. The van der Waals surface area contributed by atoms with Crippen molar-refractivity contribution in [3.63, 3.8) is 0 Å². The van der Waals surface area contributed by atoms with E-state index >= 15 is 0 Å². The fourth-order valence-electron chi connectivity index (χ4n) is 1.54. The molecule has 0 aliphatic rings. The van der Waals surface area contributed by atoms with Crippen LogP contribution in [0.1, 0.15) is 0 Å². The normalized spacial score (nSPS) is 10.5. The summed E-state index contributed by atoms with van der Waals surface area (Å²) in [5.74, 6) is 0.742. The molecule has 2 aromatic rings. The maximum Gasteiger partial charge on any atom is 0.250 e. The van der Waals surface area contributed by atoms with Crippen LogP contribution in [0.25, 0.3) is 5.69 Å². The zero-order chi connectivity index (χ0) is 12.1. The summed E-state index contributed by atoms with van der Waals surface area (Å²) in [6.45, 7) is 1.74. The molecule has 0 atom stereocenters. The molecule has 0 aliphatic heterocycles. The van der Waals surface area contributed by atoms with Gasteiger partial charge >= 0.3 is 0 Å². The highest BCUT2D eigenvalue weighted by Crippen LogP contribution is 2.13. The largest absolute Gasteiger partial charge is 0.341 e. The molecule has 1 N–H and O–H groups in total. The second-order valence-electron chi connectivity index (χ2n) is 3.75. The molecule has 1 aromatic carbocycles. The van der Waals surface area contributed by atoms with Crippen LogP contribution >= 0.6 is 0 Å². The molecule has 0 fully saturated rings. The van der Waals surface area contributed by atoms with Crippen molar-refractivity contribution in [3.05, 3.63) is 30.3 Å². The zero-order valence-electron chi connectivity index (χ0n) is 10.0. The molecule has 90 valence electrons. The van der Waals surface area contributed by atoms with Gasteiger partial charge in [0.15, 0.2) is 0 Å². The molecule has 0 unspecified atom stereocenters. The van der Waals surface area contributed by atoms with E-state index in [0.29, 0.717) is 0 Å². The van der Waals surface area contributed by atoms with Crippen LogP contribution < -0.4 is 10.2 Å². The lowest BCUT2D eigenvalue weighted by atomic mass is 10.3. The first-order valence-corrected chi connectivity index (χ1v) is 5.52. The third-order valence-corrected chi connectivity index (χ3v) is 2.49. The van der Waals surface area contributed by atoms with Crippen LogP contribution in [0.2, 0.25) is 0 Å². The van der Waals surface area contributed by atoms with Crippen molar-refractivity contribution in [2.75, 3.05) is 32.1 Å². The molecule has 0 saturated carbocycles. The second kappa shape index (κ2) is 5.40. The average Bonchev–Trinajstić information content (AvgIpc) is 2.86. The van der Waals surface area contributed by atoms with Gasteiger partial charge in [-0.3, -0.25) is 0 Å². The average molecular weight is 232 g/mol. The van der Waals surface area contributed by atoms with Gasteiger partial charge < -0.3 is 10.2 Å².